The molecule has 180 valence electrons. The van der Waals surface area contributed by atoms with Crippen molar-refractivity contribution in [1.29, 1.82) is 0 Å². The smallest absolute Gasteiger partial charge is 0.327 e. The van der Waals surface area contributed by atoms with E-state index in [1.807, 2.05) is 0 Å². The van der Waals surface area contributed by atoms with Gasteiger partial charge in [-0.15, -0.1) is 0 Å². The van der Waals surface area contributed by atoms with Gasteiger partial charge in [0.1, 0.15) is 0 Å². The van der Waals surface area contributed by atoms with E-state index >= 15 is 0 Å². The minimum Gasteiger partial charge on any atom is -0.327 e. The normalized spacial score (nSPS) is 12.0. The summed E-state index contributed by atoms with van der Waals surface area (Å²) in [5, 5.41) is 0. The Morgan fingerprint density at radius 1 is 0.647 bits per heavy atom. The van der Waals surface area contributed by atoms with Crippen molar-refractivity contribution in [2.24, 2.45) is 0 Å². The summed E-state index contributed by atoms with van der Waals surface area (Å²) < 4.78 is 2.42. The van der Waals surface area contributed by atoms with Crippen LogP contribution in [0.1, 0.15) is 115 Å². The number of hydrogen-bond donors (Lipinski definition) is 0. The number of unbranched alkanes of at least 4 members (excludes halogenated alkanes) is 13. The van der Waals surface area contributed by atoms with Gasteiger partial charge in [0.2, 0.25) is 0 Å². The summed E-state index contributed by atoms with van der Waals surface area (Å²) in [6.45, 7) is 2.30. The number of hydrogen-bond acceptors (Lipinski definition) is 1. The van der Waals surface area contributed by atoms with Gasteiger partial charge in [-0.1, -0.05) is 139 Å². The second-order valence-electron chi connectivity index (χ2n) is 9.87. The van der Waals surface area contributed by atoms with Crippen LogP contribution in [0.5, 0.6) is 0 Å². The average molecular weight is 470 g/mol. The zero-order valence-corrected chi connectivity index (χ0v) is 24.1. The third-order valence-electron chi connectivity index (χ3n) is 7.08. The third kappa shape index (κ3) is 10.7. The van der Waals surface area contributed by atoms with Crippen LogP contribution in [0.4, 0.5) is 0 Å². The van der Waals surface area contributed by atoms with Gasteiger partial charge >= 0.3 is 29.6 Å². The van der Waals surface area contributed by atoms with Crippen LogP contribution in [0.3, 0.4) is 0 Å². The zero-order valence-electron chi connectivity index (χ0n) is 22.1. The molecule has 1 unspecified atom stereocenters. The van der Waals surface area contributed by atoms with Crippen LogP contribution < -0.4 is 29.6 Å². The quantitative estimate of drug-likeness (QED) is 0.150. The Kier molecular flexibility index (Phi) is 15.6. The second-order valence-corrected chi connectivity index (χ2v) is 9.87. The van der Waals surface area contributed by atoms with Gasteiger partial charge < -0.3 is 4.57 Å². The van der Waals surface area contributed by atoms with Crippen molar-refractivity contribution in [3.8, 4) is 0 Å². The molecular formula is C31H46N2Na+. The fourth-order valence-corrected chi connectivity index (χ4v) is 5.07. The first-order chi connectivity index (χ1) is 16.4. The molecule has 0 saturated carbocycles. The number of fused-ring (bicyclic) bond motifs is 1. The van der Waals surface area contributed by atoms with Gasteiger partial charge in [-0.3, -0.25) is 0 Å². The van der Waals surface area contributed by atoms with Gasteiger partial charge in [0, 0.05) is 6.04 Å². The summed E-state index contributed by atoms with van der Waals surface area (Å²) in [5.41, 5.74) is 3.80. The van der Waals surface area contributed by atoms with Crippen LogP contribution in [0.25, 0.3) is 11.0 Å². The molecule has 3 rings (SSSR count). The van der Waals surface area contributed by atoms with E-state index in [9.17, 15) is 0 Å². The minimum atomic E-state index is 0. The van der Waals surface area contributed by atoms with Gasteiger partial charge in [0.15, 0.2) is 0 Å². The van der Waals surface area contributed by atoms with Crippen molar-refractivity contribution in [3.63, 3.8) is 0 Å². The summed E-state index contributed by atoms with van der Waals surface area (Å²) >= 11 is 0. The van der Waals surface area contributed by atoms with Crippen LogP contribution in [0, 0.1) is 0 Å². The van der Waals surface area contributed by atoms with Gasteiger partial charge in [-0.05, 0) is 30.5 Å². The Hall–Kier alpha value is -1.09. The van der Waals surface area contributed by atoms with E-state index < -0.39 is 0 Å². The van der Waals surface area contributed by atoms with E-state index in [0.29, 0.717) is 6.04 Å². The van der Waals surface area contributed by atoms with Crippen LogP contribution >= 0.6 is 0 Å². The topological polar surface area (TPSA) is 17.8 Å². The predicted octanol–water partition coefficient (Wildman–Crippen LogP) is 6.70. The molecule has 2 aromatic carbocycles. The van der Waals surface area contributed by atoms with E-state index in [0.717, 1.165) is 11.9 Å². The molecule has 0 spiro atoms. The molecule has 0 N–H and O–H groups in total. The van der Waals surface area contributed by atoms with Crippen molar-refractivity contribution in [3.05, 3.63) is 66.5 Å². The Labute approximate surface area is 231 Å². The van der Waals surface area contributed by atoms with E-state index in [-0.39, 0.29) is 29.6 Å². The van der Waals surface area contributed by atoms with Crippen molar-refractivity contribution in [2.75, 3.05) is 0 Å². The van der Waals surface area contributed by atoms with Crippen LogP contribution in [-0.4, -0.2) is 9.55 Å². The fraction of sp³-hybridized carbons (Fsp3) is 0.581. The molecule has 0 aliphatic rings. The van der Waals surface area contributed by atoms with Crippen LogP contribution in [-0.2, 0) is 6.42 Å². The van der Waals surface area contributed by atoms with Crippen molar-refractivity contribution < 1.29 is 29.6 Å². The molecule has 34 heavy (non-hydrogen) atoms. The third-order valence-corrected chi connectivity index (χ3v) is 7.08. The number of benzene rings is 2. The number of imidazole rings is 1. The van der Waals surface area contributed by atoms with Gasteiger partial charge in [0.05, 0.1) is 17.4 Å². The zero-order chi connectivity index (χ0) is 23.0. The molecule has 0 amide bonds. The first-order valence-corrected chi connectivity index (χ1v) is 13.8. The Bertz CT molecular complexity index is 873. The summed E-state index contributed by atoms with van der Waals surface area (Å²) in [4.78, 5) is 4.66. The molecule has 0 fully saturated rings. The van der Waals surface area contributed by atoms with E-state index in [1.54, 1.807) is 0 Å². The Morgan fingerprint density at radius 3 is 1.79 bits per heavy atom. The van der Waals surface area contributed by atoms with Gasteiger partial charge in [0.25, 0.3) is 0 Å². The molecule has 0 aliphatic carbocycles. The summed E-state index contributed by atoms with van der Waals surface area (Å²) in [5.74, 6) is 0. The molecule has 0 saturated heterocycles. The largest absolute Gasteiger partial charge is 1.00 e. The van der Waals surface area contributed by atoms with Crippen LogP contribution in [0.15, 0.2) is 60.9 Å². The number of para-hydroxylation sites is 2. The molecule has 0 aliphatic heterocycles. The predicted molar refractivity (Wildman–Crippen MR) is 144 cm³/mol. The molecule has 1 atom stereocenters. The number of aromatic nitrogens is 2. The van der Waals surface area contributed by atoms with Crippen molar-refractivity contribution in [1.82, 2.24) is 9.55 Å². The second kappa shape index (κ2) is 18.2. The fourth-order valence-electron chi connectivity index (χ4n) is 5.07. The molecule has 0 bridgehead atoms. The number of nitrogens with zero attached hydrogens (tertiary/aromatic N) is 2. The molecular weight excluding hydrogens is 423 g/mol. The molecule has 1 heterocycles. The van der Waals surface area contributed by atoms with E-state index in [2.05, 4.69) is 77.4 Å². The van der Waals surface area contributed by atoms with Crippen molar-refractivity contribution >= 4 is 11.0 Å². The van der Waals surface area contributed by atoms with Gasteiger partial charge in [-0.25, -0.2) is 4.98 Å². The summed E-state index contributed by atoms with van der Waals surface area (Å²) in [6, 6.07) is 20.0. The minimum absolute atomic E-state index is 0. The Morgan fingerprint density at radius 2 is 1.18 bits per heavy atom. The van der Waals surface area contributed by atoms with Gasteiger partial charge in [-0.2, -0.15) is 0 Å². The molecule has 1 aromatic heterocycles. The van der Waals surface area contributed by atoms with E-state index in [1.165, 1.54) is 107 Å². The maximum absolute atomic E-state index is 4.66. The molecule has 0 radical (unpaired) electrons. The maximum Gasteiger partial charge on any atom is 1.00 e. The first kappa shape index (κ1) is 29.1. The summed E-state index contributed by atoms with van der Waals surface area (Å²) in [7, 11) is 0. The monoisotopic (exact) mass is 469 g/mol. The standard InChI is InChI=1S/C31H46N2.Na/c1-2-3-4-5-6-7-8-9-10-11-12-13-14-18-23-29(26-28-21-16-15-17-22-28)33-27-32-30-24-19-20-25-31(30)33;/h15-17,19-22,24-25,27,29H,2-14,18,23,26H2,1H3;/q;+1. The molecule has 3 heteroatoms. The van der Waals surface area contributed by atoms with Crippen molar-refractivity contribution in [2.45, 2.75) is 116 Å². The summed E-state index contributed by atoms with van der Waals surface area (Å²) in [6.07, 6.45) is 24.2. The first-order valence-electron chi connectivity index (χ1n) is 13.8. The molecule has 2 nitrogen and oxygen atoms in total. The van der Waals surface area contributed by atoms with Crippen LogP contribution in [0.2, 0.25) is 0 Å². The van der Waals surface area contributed by atoms with E-state index in [4.69, 9.17) is 0 Å². The number of rotatable bonds is 18. The SMILES string of the molecule is CCCCCCCCCCCCCCCCC(Cc1ccccc1)n1cnc2ccccc21.[Na+]. The maximum atomic E-state index is 4.66. The Balaban J connectivity index is 0.00000408. The molecule has 3 aromatic rings. The average Bonchev–Trinajstić information content (AvgIpc) is 3.28.